The maximum atomic E-state index is 15.5. The Kier molecular flexibility index (Phi) is 9.87. The number of carbonyl (C=O) groups is 3. The highest BCUT2D eigenvalue weighted by Gasteiger charge is 2.36. The molecule has 10 nitrogen and oxygen atoms in total. The number of phenols is 1. The summed E-state index contributed by atoms with van der Waals surface area (Å²) in [4.78, 5) is 45.7. The first kappa shape index (κ1) is 36.2. The molecule has 4 aromatic rings. The van der Waals surface area contributed by atoms with Gasteiger partial charge in [-0.2, -0.15) is 0 Å². The molecule has 3 amide bonds. The molecule has 0 spiro atoms. The number of piperazine rings is 1. The van der Waals surface area contributed by atoms with Crippen LogP contribution in [0.1, 0.15) is 70.1 Å². The van der Waals surface area contributed by atoms with Gasteiger partial charge in [-0.05, 0) is 72.2 Å². The maximum absolute atomic E-state index is 15.5. The maximum Gasteiger partial charge on any atom is 0.254 e. The zero-order chi connectivity index (χ0) is 38.3. The number of anilines is 2. The lowest BCUT2D eigenvalue weighted by molar-refractivity contribution is -0.136. The molecule has 0 aliphatic carbocycles. The number of benzene rings is 4. The van der Waals surface area contributed by atoms with Crippen LogP contribution in [0.5, 0.6) is 11.5 Å². The first-order chi connectivity index (χ1) is 27.3. The molecule has 4 aromatic carbocycles. The molecule has 0 bridgehead atoms. The monoisotopic (exact) mass is 757 g/mol. The number of piperidine rings is 2. The number of ether oxygens (including phenoxy) is 1. The molecule has 56 heavy (non-hydrogen) atoms. The van der Waals surface area contributed by atoms with E-state index in [1.54, 1.807) is 17.0 Å². The van der Waals surface area contributed by atoms with Gasteiger partial charge in [0, 0.05) is 100 Å². The van der Waals surface area contributed by atoms with Gasteiger partial charge in [-0.25, -0.2) is 4.39 Å². The van der Waals surface area contributed by atoms with Crippen LogP contribution in [0.15, 0.2) is 84.9 Å². The molecule has 9 rings (SSSR count). The zero-order valence-corrected chi connectivity index (χ0v) is 31.5. The van der Waals surface area contributed by atoms with Gasteiger partial charge < -0.3 is 24.5 Å². The van der Waals surface area contributed by atoms with E-state index in [4.69, 9.17) is 4.74 Å². The summed E-state index contributed by atoms with van der Waals surface area (Å²) >= 11 is 0. The van der Waals surface area contributed by atoms with E-state index in [0.717, 1.165) is 75.5 Å². The van der Waals surface area contributed by atoms with Crippen LogP contribution in [0.4, 0.5) is 15.8 Å². The van der Waals surface area contributed by atoms with Gasteiger partial charge in [-0.15, -0.1) is 0 Å². The van der Waals surface area contributed by atoms with Crippen molar-refractivity contribution in [2.75, 3.05) is 68.8 Å². The lowest BCUT2D eigenvalue weighted by atomic mass is 9.76. The summed E-state index contributed by atoms with van der Waals surface area (Å²) in [7, 11) is 0. The Labute approximate surface area is 326 Å². The molecule has 0 aromatic heterocycles. The van der Waals surface area contributed by atoms with Crippen molar-refractivity contribution in [2.45, 2.75) is 44.1 Å². The number of fused-ring (bicyclic) bond motifs is 2. The third-order valence-electron chi connectivity index (χ3n) is 12.7. The number of imide groups is 1. The number of hydrogen-bond donors (Lipinski definition) is 2. The Morgan fingerprint density at radius 2 is 1.55 bits per heavy atom. The van der Waals surface area contributed by atoms with Crippen molar-refractivity contribution < 1.29 is 28.6 Å². The number of nitrogens with zero attached hydrogens (tertiary/aromatic N) is 4. The van der Waals surface area contributed by atoms with E-state index < -0.39 is 5.92 Å². The summed E-state index contributed by atoms with van der Waals surface area (Å²) in [5.74, 6) is 0.152. The standard InChI is InChI=1S/C45H48FN5O5/c46-39-24-37-33(27-51(45(37)55)26-32-8-13-42(53)47-44(32)54)22-40(39)50-20-18-48(19-21-50)25-29-14-16-49(17-15-29)34-9-6-31(7-10-34)43-36-12-11-35(52)23-41(36)56-28-38(43)30-4-2-1-3-5-30/h1-7,9-12,22-24,29,32,38,43,52H,8,13-21,25-28H2,(H,47,53,54)/t32-,38+,43+/m0/s1. The van der Waals surface area contributed by atoms with E-state index in [2.05, 4.69) is 68.5 Å². The summed E-state index contributed by atoms with van der Waals surface area (Å²) in [6, 6.07) is 28.3. The van der Waals surface area contributed by atoms with Crippen molar-refractivity contribution in [3.63, 3.8) is 0 Å². The zero-order valence-electron chi connectivity index (χ0n) is 31.5. The fraction of sp³-hybridized carbons (Fsp3) is 0.400. The molecule has 3 fully saturated rings. The average Bonchev–Trinajstić information content (AvgIpc) is 3.52. The fourth-order valence-corrected chi connectivity index (χ4v) is 9.55. The number of halogens is 1. The molecule has 0 saturated carbocycles. The van der Waals surface area contributed by atoms with Gasteiger partial charge in [0.1, 0.15) is 17.3 Å². The lowest BCUT2D eigenvalue weighted by Crippen LogP contribution is -2.49. The van der Waals surface area contributed by atoms with Crippen LogP contribution in [-0.2, 0) is 16.1 Å². The van der Waals surface area contributed by atoms with Crippen molar-refractivity contribution in [3.8, 4) is 11.5 Å². The van der Waals surface area contributed by atoms with E-state index in [-0.39, 0.29) is 54.1 Å². The van der Waals surface area contributed by atoms with Crippen molar-refractivity contribution >= 4 is 29.1 Å². The predicted octanol–water partition coefficient (Wildman–Crippen LogP) is 5.89. The SMILES string of the molecule is O=C1CC[C@@H](CN2Cc3cc(N4CCN(CC5CCN(c6ccc([C@@H]7c8ccc(O)cc8OC[C@@H]7c7ccccc7)cc6)CC5)CC4)c(F)cc3C2=O)C(=O)N1. The highest BCUT2D eigenvalue weighted by molar-refractivity contribution is 6.01. The van der Waals surface area contributed by atoms with Crippen LogP contribution in [0.2, 0.25) is 0 Å². The molecule has 0 radical (unpaired) electrons. The predicted molar refractivity (Wildman–Crippen MR) is 212 cm³/mol. The minimum atomic E-state index is -0.435. The number of nitrogens with one attached hydrogen (secondary N) is 1. The molecule has 290 valence electrons. The lowest BCUT2D eigenvalue weighted by Gasteiger charge is -2.40. The Hall–Kier alpha value is -5.42. The molecule has 5 heterocycles. The Balaban J connectivity index is 0.779. The van der Waals surface area contributed by atoms with Crippen molar-refractivity contribution in [1.29, 1.82) is 0 Å². The van der Waals surface area contributed by atoms with Crippen LogP contribution in [-0.4, -0.2) is 91.6 Å². The molecule has 11 heteroatoms. The van der Waals surface area contributed by atoms with E-state index in [0.29, 0.717) is 36.7 Å². The number of rotatable bonds is 8. The summed E-state index contributed by atoms with van der Waals surface area (Å²) < 4.78 is 21.6. The highest BCUT2D eigenvalue weighted by atomic mass is 19.1. The van der Waals surface area contributed by atoms with E-state index in [1.165, 1.54) is 22.9 Å². The average molecular weight is 758 g/mol. The van der Waals surface area contributed by atoms with Crippen LogP contribution >= 0.6 is 0 Å². The van der Waals surface area contributed by atoms with E-state index >= 15 is 4.39 Å². The molecule has 5 aliphatic rings. The molecule has 2 N–H and O–H groups in total. The normalized spacial score (nSPS) is 23.1. The fourth-order valence-electron chi connectivity index (χ4n) is 9.55. The second kappa shape index (κ2) is 15.3. The van der Waals surface area contributed by atoms with E-state index in [1.807, 2.05) is 18.2 Å². The molecule has 5 aliphatic heterocycles. The molecule has 3 saturated heterocycles. The Morgan fingerprint density at radius 3 is 2.30 bits per heavy atom. The van der Waals surface area contributed by atoms with Gasteiger partial charge >= 0.3 is 0 Å². The quantitative estimate of drug-likeness (QED) is 0.215. The third-order valence-corrected chi connectivity index (χ3v) is 12.7. The van der Waals surface area contributed by atoms with Crippen molar-refractivity contribution in [2.24, 2.45) is 11.8 Å². The summed E-state index contributed by atoms with van der Waals surface area (Å²) in [5, 5.41) is 12.5. The topological polar surface area (TPSA) is 106 Å². The molecule has 3 atom stereocenters. The minimum Gasteiger partial charge on any atom is -0.508 e. The van der Waals surface area contributed by atoms with Crippen LogP contribution in [0.3, 0.4) is 0 Å². The molecular formula is C45H48FN5O5. The highest BCUT2D eigenvalue weighted by Crippen LogP contribution is 2.47. The van der Waals surface area contributed by atoms with Gasteiger partial charge in [-0.3, -0.25) is 24.6 Å². The second-order valence-corrected chi connectivity index (χ2v) is 16.1. The number of carbonyl (C=O) groups excluding carboxylic acids is 3. The van der Waals surface area contributed by atoms with Gasteiger partial charge in [0.05, 0.1) is 18.2 Å². The molecule has 0 unspecified atom stereocenters. The van der Waals surface area contributed by atoms with Crippen molar-refractivity contribution in [1.82, 2.24) is 15.1 Å². The molecular weight excluding hydrogens is 710 g/mol. The summed E-state index contributed by atoms with van der Waals surface area (Å²) in [5.41, 5.74) is 6.51. The van der Waals surface area contributed by atoms with Gasteiger partial charge in [0.2, 0.25) is 11.8 Å². The first-order valence-corrected chi connectivity index (χ1v) is 20.1. The second-order valence-electron chi connectivity index (χ2n) is 16.1. The Bertz CT molecular complexity index is 2110. The van der Waals surface area contributed by atoms with Crippen LogP contribution in [0.25, 0.3) is 0 Å². The summed E-state index contributed by atoms with van der Waals surface area (Å²) in [6.45, 7) is 7.33. The Morgan fingerprint density at radius 1 is 0.786 bits per heavy atom. The number of phenolic OH excluding ortho intramolecular Hbond substituents is 1. The van der Waals surface area contributed by atoms with Gasteiger partial charge in [0.25, 0.3) is 5.91 Å². The van der Waals surface area contributed by atoms with Gasteiger partial charge in [0.15, 0.2) is 0 Å². The number of aromatic hydroxyl groups is 1. The van der Waals surface area contributed by atoms with Crippen LogP contribution in [0, 0.1) is 17.7 Å². The van der Waals surface area contributed by atoms with Crippen molar-refractivity contribution in [3.05, 3.63) is 119 Å². The smallest absolute Gasteiger partial charge is 0.254 e. The number of amides is 3. The van der Waals surface area contributed by atoms with Gasteiger partial charge in [-0.1, -0.05) is 48.5 Å². The largest absolute Gasteiger partial charge is 0.508 e. The first-order valence-electron chi connectivity index (χ1n) is 20.1. The summed E-state index contributed by atoms with van der Waals surface area (Å²) in [6.07, 6.45) is 2.93. The van der Waals surface area contributed by atoms with E-state index in [9.17, 15) is 19.5 Å². The van der Waals surface area contributed by atoms with Crippen LogP contribution < -0.4 is 19.9 Å². The number of hydrogen-bond acceptors (Lipinski definition) is 8. The minimum absolute atomic E-state index is 0.118. The third kappa shape index (κ3) is 7.20.